The zero-order valence-corrected chi connectivity index (χ0v) is 53.7. The molecule has 0 saturated heterocycles. The van der Waals surface area contributed by atoms with E-state index >= 15 is 0 Å². The summed E-state index contributed by atoms with van der Waals surface area (Å²) in [6, 6.07) is -0.986. The number of aliphatic hydroxyl groups is 4. The van der Waals surface area contributed by atoms with Gasteiger partial charge < -0.3 is 25.7 Å². The van der Waals surface area contributed by atoms with Crippen molar-refractivity contribution < 1.29 is 25.2 Å². The fraction of sp³-hybridized carbons (Fsp3) is 0.932. The molecule has 6 heteroatoms. The van der Waals surface area contributed by atoms with E-state index in [1.807, 2.05) is 0 Å². The van der Waals surface area contributed by atoms with E-state index in [4.69, 9.17) is 0 Å². The third-order valence-electron chi connectivity index (χ3n) is 17.4. The van der Waals surface area contributed by atoms with E-state index in [2.05, 4.69) is 43.5 Å². The second-order valence-electron chi connectivity index (χ2n) is 25.3. The van der Waals surface area contributed by atoms with Crippen LogP contribution in [0.4, 0.5) is 0 Å². The number of hydrogen-bond donors (Lipinski definition) is 5. The highest BCUT2D eigenvalue weighted by Gasteiger charge is 2.28. The minimum absolute atomic E-state index is 0.372. The van der Waals surface area contributed by atoms with Gasteiger partial charge in [-0.3, -0.25) is 4.79 Å². The van der Waals surface area contributed by atoms with Gasteiger partial charge in [0.25, 0.3) is 0 Å². The molecule has 4 unspecified atom stereocenters. The van der Waals surface area contributed by atoms with Crippen LogP contribution in [-0.4, -0.2) is 57.3 Å². The van der Waals surface area contributed by atoms with Crippen molar-refractivity contribution in [2.75, 3.05) is 6.61 Å². The molecule has 0 heterocycles. The Morgan fingerprint density at radius 1 is 0.316 bits per heavy atom. The van der Waals surface area contributed by atoms with Crippen LogP contribution in [0.5, 0.6) is 0 Å². The molecule has 6 nitrogen and oxygen atoms in total. The molecule has 0 aromatic carbocycles. The lowest BCUT2D eigenvalue weighted by Crippen LogP contribution is -2.53. The Hall–Kier alpha value is -1.21. The molecule has 1 amide bonds. The Morgan fingerprint density at radius 3 is 0.797 bits per heavy atom. The van der Waals surface area contributed by atoms with Crippen LogP contribution in [0.15, 0.2) is 24.3 Å². The largest absolute Gasteiger partial charge is 0.394 e. The summed E-state index contributed by atoms with van der Waals surface area (Å²) < 4.78 is 0. The van der Waals surface area contributed by atoms with E-state index in [1.54, 1.807) is 0 Å². The maximum atomic E-state index is 12.7. The van der Waals surface area contributed by atoms with Crippen molar-refractivity contribution in [1.29, 1.82) is 0 Å². The summed E-state index contributed by atoms with van der Waals surface area (Å²) in [5, 5.41) is 44.3. The highest BCUT2D eigenvalue weighted by Crippen LogP contribution is 2.20. The Kier molecular flexibility index (Phi) is 66.5. The molecule has 0 aliphatic heterocycles. The van der Waals surface area contributed by atoms with Crippen LogP contribution >= 0.6 is 0 Å². The second kappa shape index (κ2) is 67.6. The van der Waals surface area contributed by atoms with E-state index in [9.17, 15) is 25.2 Å². The predicted molar refractivity (Wildman–Crippen MR) is 348 cm³/mol. The molecule has 0 fully saturated rings. The van der Waals surface area contributed by atoms with Gasteiger partial charge in [-0.05, 0) is 44.9 Å². The maximum Gasteiger partial charge on any atom is 0.249 e. The van der Waals surface area contributed by atoms with E-state index in [0.29, 0.717) is 12.8 Å². The van der Waals surface area contributed by atoms with Crippen molar-refractivity contribution in [3.8, 4) is 0 Å². The molecule has 0 radical (unpaired) electrons. The van der Waals surface area contributed by atoms with Gasteiger partial charge in [0.05, 0.1) is 18.8 Å². The molecule has 470 valence electrons. The van der Waals surface area contributed by atoms with Crippen molar-refractivity contribution in [3.05, 3.63) is 24.3 Å². The maximum absolute atomic E-state index is 12.7. The zero-order valence-electron chi connectivity index (χ0n) is 53.7. The Labute approximate surface area is 495 Å². The van der Waals surface area contributed by atoms with Gasteiger partial charge in [-0.1, -0.05) is 385 Å². The molecule has 4 atom stereocenters. The number of rotatable bonds is 68. The number of aliphatic hydroxyl groups excluding tert-OH is 4. The van der Waals surface area contributed by atoms with E-state index < -0.39 is 36.9 Å². The third-order valence-corrected chi connectivity index (χ3v) is 17.4. The van der Waals surface area contributed by atoms with Crippen LogP contribution in [0, 0.1) is 0 Å². The van der Waals surface area contributed by atoms with Gasteiger partial charge in [0, 0.05) is 0 Å². The van der Waals surface area contributed by atoms with Crippen LogP contribution in [-0.2, 0) is 4.79 Å². The van der Waals surface area contributed by atoms with Gasteiger partial charge in [-0.15, -0.1) is 0 Å². The number of carbonyl (C=O) groups is 1. The molecule has 0 aromatic rings. The average Bonchev–Trinajstić information content (AvgIpc) is 3.45. The lowest BCUT2D eigenvalue weighted by Gasteiger charge is -2.27. The minimum atomic E-state index is -1.26. The summed E-state index contributed by atoms with van der Waals surface area (Å²) in [7, 11) is 0. The molecule has 79 heavy (non-hydrogen) atoms. The van der Waals surface area contributed by atoms with E-state index in [-0.39, 0.29) is 0 Å². The van der Waals surface area contributed by atoms with Gasteiger partial charge in [0.2, 0.25) is 5.91 Å². The van der Waals surface area contributed by atoms with Gasteiger partial charge >= 0.3 is 0 Å². The van der Waals surface area contributed by atoms with Gasteiger partial charge in [-0.25, -0.2) is 0 Å². The summed E-state index contributed by atoms with van der Waals surface area (Å²) in [5.41, 5.74) is 0. The number of amides is 1. The van der Waals surface area contributed by atoms with Gasteiger partial charge in [-0.2, -0.15) is 0 Å². The van der Waals surface area contributed by atoms with Crippen molar-refractivity contribution in [2.45, 2.75) is 430 Å². The fourth-order valence-electron chi connectivity index (χ4n) is 11.8. The summed E-state index contributed by atoms with van der Waals surface area (Å²) in [4.78, 5) is 12.7. The Balaban J connectivity index is 3.52. The first-order valence-corrected chi connectivity index (χ1v) is 36.2. The normalized spacial score (nSPS) is 13.5. The highest BCUT2D eigenvalue weighted by molar-refractivity contribution is 5.80. The quantitative estimate of drug-likeness (QED) is 0.0308. The summed E-state index contributed by atoms with van der Waals surface area (Å²) >= 11 is 0. The van der Waals surface area contributed by atoms with Crippen LogP contribution in [0.1, 0.15) is 406 Å². The van der Waals surface area contributed by atoms with Crippen LogP contribution < -0.4 is 5.32 Å². The van der Waals surface area contributed by atoms with Crippen molar-refractivity contribution >= 4 is 5.91 Å². The van der Waals surface area contributed by atoms with Crippen molar-refractivity contribution in [1.82, 2.24) is 5.32 Å². The topological polar surface area (TPSA) is 110 Å². The fourth-order valence-corrected chi connectivity index (χ4v) is 11.8. The number of unbranched alkanes of at least 4 members (excludes halogenated alkanes) is 55. The Morgan fingerprint density at radius 2 is 0.544 bits per heavy atom. The third kappa shape index (κ3) is 61.2. The number of allylic oxidation sites excluding steroid dienone is 4. The molecular formula is C73H143NO5. The summed E-state index contributed by atoms with van der Waals surface area (Å²) in [5.74, 6) is -0.576. The SMILES string of the molecule is CCCCCCCCCCC/C=C\C/C=C\CCCCCCCCCCCCCCCCCCC(O)C(=O)NC(CO)C(O)C(O)CCCCCCCCCCCCCCCCCCCCCCCCCCCCCCCCC. The first-order valence-electron chi connectivity index (χ1n) is 36.2. The van der Waals surface area contributed by atoms with E-state index in [1.165, 1.54) is 334 Å². The Bertz CT molecular complexity index is 1210. The summed E-state index contributed by atoms with van der Waals surface area (Å²) in [6.07, 6.45) is 86.0. The zero-order chi connectivity index (χ0) is 57.3. The predicted octanol–water partition coefficient (Wildman–Crippen LogP) is 22.5. The number of carbonyl (C=O) groups excluding carboxylic acids is 1. The summed E-state index contributed by atoms with van der Waals surface area (Å²) in [6.45, 7) is 4.11. The lowest BCUT2D eigenvalue weighted by molar-refractivity contribution is -0.132. The smallest absolute Gasteiger partial charge is 0.249 e. The molecule has 0 aromatic heterocycles. The standard InChI is InChI=1S/C73H143NO5/c1-3-5-7-9-11-13-15-17-19-21-23-25-27-29-31-33-35-37-39-41-43-45-47-49-51-53-55-57-59-61-63-65-67-71(77)73(79)74-69(68-75)72(78)70(76)66-64-62-60-58-56-54-52-50-48-46-44-42-40-38-36-34-32-30-28-26-24-22-20-18-16-14-12-10-8-6-4-2/h23,25,29,31,69-72,75-78H,3-22,24,26-28,30,32-68H2,1-2H3,(H,74,79)/b25-23-,31-29-. The van der Waals surface area contributed by atoms with Crippen molar-refractivity contribution in [3.63, 3.8) is 0 Å². The monoisotopic (exact) mass is 1110 g/mol. The van der Waals surface area contributed by atoms with Gasteiger partial charge in [0.1, 0.15) is 12.2 Å². The van der Waals surface area contributed by atoms with E-state index in [0.717, 1.165) is 44.9 Å². The van der Waals surface area contributed by atoms with Crippen LogP contribution in [0.25, 0.3) is 0 Å². The molecule has 0 saturated carbocycles. The molecule has 0 aliphatic carbocycles. The minimum Gasteiger partial charge on any atom is -0.394 e. The number of nitrogens with one attached hydrogen (secondary N) is 1. The molecule has 0 bridgehead atoms. The first-order chi connectivity index (χ1) is 39.0. The van der Waals surface area contributed by atoms with Crippen LogP contribution in [0.2, 0.25) is 0 Å². The lowest BCUT2D eigenvalue weighted by atomic mass is 9.99. The average molecular weight is 1110 g/mol. The molecule has 0 aliphatic rings. The van der Waals surface area contributed by atoms with Crippen molar-refractivity contribution in [2.24, 2.45) is 0 Å². The number of hydrogen-bond acceptors (Lipinski definition) is 5. The molecule has 0 spiro atoms. The van der Waals surface area contributed by atoms with Gasteiger partial charge in [0.15, 0.2) is 0 Å². The molecule has 5 N–H and O–H groups in total. The molecule has 0 rings (SSSR count). The molecular weight excluding hydrogens is 971 g/mol. The first kappa shape index (κ1) is 77.8. The van der Waals surface area contributed by atoms with Crippen LogP contribution in [0.3, 0.4) is 0 Å². The highest BCUT2D eigenvalue weighted by atomic mass is 16.3. The second-order valence-corrected chi connectivity index (χ2v) is 25.3.